The SMILES string of the molecule is COCCNCC1(Cc2ccc(Cl)cc2)CCCC1. The summed E-state index contributed by atoms with van der Waals surface area (Å²) in [6.45, 7) is 2.83. The van der Waals surface area contributed by atoms with Gasteiger partial charge in [-0.15, -0.1) is 0 Å². The van der Waals surface area contributed by atoms with Crippen molar-refractivity contribution in [2.24, 2.45) is 5.41 Å². The minimum absolute atomic E-state index is 0.432. The Balaban J connectivity index is 1.93. The molecule has 1 aromatic rings. The Hall–Kier alpha value is -0.570. The molecular formula is C16H24ClNO. The van der Waals surface area contributed by atoms with Crippen molar-refractivity contribution in [2.75, 3.05) is 26.8 Å². The van der Waals surface area contributed by atoms with E-state index in [1.807, 2.05) is 12.1 Å². The van der Waals surface area contributed by atoms with Gasteiger partial charge in [-0.1, -0.05) is 36.6 Å². The van der Waals surface area contributed by atoms with Gasteiger partial charge in [-0.25, -0.2) is 0 Å². The van der Waals surface area contributed by atoms with Gasteiger partial charge in [0.1, 0.15) is 0 Å². The maximum Gasteiger partial charge on any atom is 0.0587 e. The molecule has 1 aliphatic rings. The number of ether oxygens (including phenoxy) is 1. The van der Waals surface area contributed by atoms with Gasteiger partial charge in [0.2, 0.25) is 0 Å². The molecule has 0 atom stereocenters. The summed E-state index contributed by atoms with van der Waals surface area (Å²) in [6, 6.07) is 8.32. The van der Waals surface area contributed by atoms with Gasteiger partial charge in [-0.05, 0) is 42.4 Å². The lowest BCUT2D eigenvalue weighted by molar-refractivity contribution is 0.190. The molecule has 2 rings (SSSR count). The molecule has 0 radical (unpaired) electrons. The van der Waals surface area contributed by atoms with Gasteiger partial charge >= 0.3 is 0 Å². The van der Waals surface area contributed by atoms with E-state index in [1.165, 1.54) is 31.2 Å². The van der Waals surface area contributed by atoms with E-state index in [2.05, 4.69) is 17.4 Å². The Labute approximate surface area is 121 Å². The summed E-state index contributed by atoms with van der Waals surface area (Å²) in [6.07, 6.45) is 6.54. The van der Waals surface area contributed by atoms with Crippen molar-refractivity contribution in [2.45, 2.75) is 32.1 Å². The zero-order valence-electron chi connectivity index (χ0n) is 11.8. The maximum atomic E-state index is 5.96. The van der Waals surface area contributed by atoms with Gasteiger partial charge in [0, 0.05) is 25.2 Å². The van der Waals surface area contributed by atoms with Crippen molar-refractivity contribution in [1.29, 1.82) is 0 Å². The molecule has 2 nitrogen and oxygen atoms in total. The molecule has 0 amide bonds. The highest BCUT2D eigenvalue weighted by Gasteiger charge is 2.33. The topological polar surface area (TPSA) is 21.3 Å². The first-order chi connectivity index (χ1) is 9.24. The normalized spacial score (nSPS) is 17.8. The van der Waals surface area contributed by atoms with Crippen LogP contribution in [0.4, 0.5) is 0 Å². The lowest BCUT2D eigenvalue weighted by Crippen LogP contribution is -2.35. The van der Waals surface area contributed by atoms with E-state index in [0.717, 1.165) is 31.1 Å². The highest BCUT2D eigenvalue weighted by Crippen LogP contribution is 2.40. The van der Waals surface area contributed by atoms with Crippen LogP contribution in [0.15, 0.2) is 24.3 Å². The minimum atomic E-state index is 0.432. The zero-order valence-corrected chi connectivity index (χ0v) is 12.5. The minimum Gasteiger partial charge on any atom is -0.383 e. The van der Waals surface area contributed by atoms with E-state index in [9.17, 15) is 0 Å². The summed E-state index contributed by atoms with van der Waals surface area (Å²) in [5.41, 5.74) is 1.83. The predicted octanol–water partition coefficient (Wildman–Crippen LogP) is 3.68. The number of benzene rings is 1. The van der Waals surface area contributed by atoms with E-state index >= 15 is 0 Å². The van der Waals surface area contributed by atoms with Crippen LogP contribution in [-0.4, -0.2) is 26.8 Å². The standard InChI is InChI=1S/C16H24ClNO/c1-19-11-10-18-13-16(8-2-3-9-16)12-14-4-6-15(17)7-5-14/h4-7,18H,2-3,8-13H2,1H3. The van der Waals surface area contributed by atoms with Gasteiger partial charge in [-0.3, -0.25) is 0 Å². The first-order valence-corrected chi connectivity index (χ1v) is 7.56. The molecule has 0 aromatic heterocycles. The average Bonchev–Trinajstić information content (AvgIpc) is 2.87. The molecule has 0 unspecified atom stereocenters. The second-order valence-corrected chi connectivity index (χ2v) is 6.12. The molecule has 0 heterocycles. The fourth-order valence-corrected chi connectivity index (χ4v) is 3.23. The summed E-state index contributed by atoms with van der Waals surface area (Å²) in [4.78, 5) is 0. The van der Waals surface area contributed by atoms with Gasteiger partial charge < -0.3 is 10.1 Å². The fraction of sp³-hybridized carbons (Fsp3) is 0.625. The first-order valence-electron chi connectivity index (χ1n) is 7.18. The fourth-order valence-electron chi connectivity index (χ4n) is 3.10. The first kappa shape index (κ1) is 14.8. The van der Waals surface area contributed by atoms with Gasteiger partial charge in [-0.2, -0.15) is 0 Å². The molecule has 19 heavy (non-hydrogen) atoms. The molecular weight excluding hydrogens is 258 g/mol. The van der Waals surface area contributed by atoms with Gasteiger partial charge in [0.05, 0.1) is 6.61 Å². The van der Waals surface area contributed by atoms with Crippen LogP contribution in [-0.2, 0) is 11.2 Å². The Morgan fingerprint density at radius 3 is 2.53 bits per heavy atom. The van der Waals surface area contributed by atoms with E-state index in [1.54, 1.807) is 7.11 Å². The highest BCUT2D eigenvalue weighted by atomic mass is 35.5. The molecule has 0 spiro atoms. The number of methoxy groups -OCH3 is 1. The molecule has 0 bridgehead atoms. The quantitative estimate of drug-likeness (QED) is 0.770. The Bertz CT molecular complexity index is 371. The maximum absolute atomic E-state index is 5.96. The number of rotatable bonds is 7. The van der Waals surface area contributed by atoms with Crippen LogP contribution in [0, 0.1) is 5.41 Å². The number of nitrogens with one attached hydrogen (secondary N) is 1. The van der Waals surface area contributed by atoms with Crippen LogP contribution in [0.5, 0.6) is 0 Å². The smallest absolute Gasteiger partial charge is 0.0587 e. The Morgan fingerprint density at radius 2 is 1.89 bits per heavy atom. The lowest BCUT2D eigenvalue weighted by atomic mass is 9.80. The molecule has 0 saturated heterocycles. The van der Waals surface area contributed by atoms with Crippen molar-refractivity contribution in [3.05, 3.63) is 34.9 Å². The third kappa shape index (κ3) is 4.48. The van der Waals surface area contributed by atoms with Crippen molar-refractivity contribution in [1.82, 2.24) is 5.32 Å². The largest absolute Gasteiger partial charge is 0.383 e. The zero-order chi connectivity index (χ0) is 13.6. The third-order valence-electron chi connectivity index (χ3n) is 4.14. The summed E-state index contributed by atoms with van der Waals surface area (Å²) in [5, 5.41) is 4.37. The van der Waals surface area contributed by atoms with Crippen LogP contribution in [0.1, 0.15) is 31.2 Å². The molecule has 1 aliphatic carbocycles. The third-order valence-corrected chi connectivity index (χ3v) is 4.39. The van der Waals surface area contributed by atoms with Crippen molar-refractivity contribution in [3.63, 3.8) is 0 Å². The number of hydrogen-bond acceptors (Lipinski definition) is 2. The van der Waals surface area contributed by atoms with Crippen LogP contribution >= 0.6 is 11.6 Å². The molecule has 0 aliphatic heterocycles. The van der Waals surface area contributed by atoms with Crippen molar-refractivity contribution < 1.29 is 4.74 Å². The van der Waals surface area contributed by atoms with Gasteiger partial charge in [0.25, 0.3) is 0 Å². The van der Waals surface area contributed by atoms with E-state index in [4.69, 9.17) is 16.3 Å². The highest BCUT2D eigenvalue weighted by molar-refractivity contribution is 6.30. The van der Waals surface area contributed by atoms with Crippen LogP contribution < -0.4 is 5.32 Å². The predicted molar refractivity (Wildman–Crippen MR) is 80.8 cm³/mol. The van der Waals surface area contributed by atoms with Crippen LogP contribution in [0.3, 0.4) is 0 Å². The summed E-state index contributed by atoms with van der Waals surface area (Å²) in [7, 11) is 1.75. The van der Waals surface area contributed by atoms with E-state index in [0.29, 0.717) is 5.41 Å². The van der Waals surface area contributed by atoms with E-state index in [-0.39, 0.29) is 0 Å². The van der Waals surface area contributed by atoms with Crippen LogP contribution in [0.2, 0.25) is 5.02 Å². The monoisotopic (exact) mass is 281 g/mol. The molecule has 1 saturated carbocycles. The second-order valence-electron chi connectivity index (χ2n) is 5.68. The summed E-state index contributed by atoms with van der Waals surface area (Å²) >= 11 is 5.96. The molecule has 3 heteroatoms. The molecule has 106 valence electrons. The number of hydrogen-bond donors (Lipinski definition) is 1. The van der Waals surface area contributed by atoms with Crippen LogP contribution in [0.25, 0.3) is 0 Å². The molecule has 1 fully saturated rings. The van der Waals surface area contributed by atoms with E-state index < -0.39 is 0 Å². The molecule has 1 N–H and O–H groups in total. The number of halogens is 1. The second kappa shape index (κ2) is 7.28. The van der Waals surface area contributed by atoms with Crippen molar-refractivity contribution >= 4 is 11.6 Å². The lowest BCUT2D eigenvalue weighted by Gasteiger charge is -2.29. The summed E-state index contributed by atoms with van der Waals surface area (Å²) < 4.78 is 5.09. The Kier molecular flexibility index (Phi) is 5.68. The Morgan fingerprint density at radius 1 is 1.21 bits per heavy atom. The average molecular weight is 282 g/mol. The van der Waals surface area contributed by atoms with Gasteiger partial charge in [0.15, 0.2) is 0 Å². The molecule has 1 aromatic carbocycles. The van der Waals surface area contributed by atoms with Crippen molar-refractivity contribution in [3.8, 4) is 0 Å². The summed E-state index contributed by atoms with van der Waals surface area (Å²) in [5.74, 6) is 0.